The zero-order valence-electron chi connectivity index (χ0n) is 11.4. The van der Waals surface area contributed by atoms with E-state index in [0.29, 0.717) is 12.3 Å². The molecular formula is C16H24O2. The van der Waals surface area contributed by atoms with Crippen molar-refractivity contribution in [3.63, 3.8) is 0 Å². The van der Waals surface area contributed by atoms with Gasteiger partial charge in [0.05, 0.1) is 0 Å². The van der Waals surface area contributed by atoms with Gasteiger partial charge in [-0.1, -0.05) is 69.7 Å². The van der Waals surface area contributed by atoms with Crippen molar-refractivity contribution in [2.45, 2.75) is 39.5 Å². The molecule has 0 unspecified atom stereocenters. The second-order valence-electron chi connectivity index (χ2n) is 4.65. The molecule has 1 aromatic carbocycles. The highest BCUT2D eigenvalue weighted by Gasteiger charge is 1.97. The maximum atomic E-state index is 10.0. The van der Waals surface area contributed by atoms with Crippen LogP contribution in [-0.4, -0.2) is 11.1 Å². The highest BCUT2D eigenvalue weighted by molar-refractivity contribution is 5.66. The molecule has 0 saturated heterocycles. The molecule has 0 saturated carbocycles. The summed E-state index contributed by atoms with van der Waals surface area (Å²) in [5.41, 5.74) is 1.17. The van der Waals surface area contributed by atoms with Gasteiger partial charge in [0.1, 0.15) is 0 Å². The van der Waals surface area contributed by atoms with Gasteiger partial charge < -0.3 is 5.11 Å². The number of benzene rings is 1. The van der Waals surface area contributed by atoms with Crippen LogP contribution in [0, 0.1) is 5.92 Å². The van der Waals surface area contributed by atoms with E-state index in [0.717, 1.165) is 19.3 Å². The third kappa shape index (κ3) is 10.9. The van der Waals surface area contributed by atoms with Crippen LogP contribution >= 0.6 is 0 Å². The number of hydrogen-bond donors (Lipinski definition) is 1. The molecule has 1 aromatic rings. The smallest absolute Gasteiger partial charge is 0.303 e. The molecule has 0 fully saturated rings. The van der Waals surface area contributed by atoms with Gasteiger partial charge in [0.15, 0.2) is 0 Å². The van der Waals surface area contributed by atoms with Crippen molar-refractivity contribution in [1.29, 1.82) is 0 Å². The van der Waals surface area contributed by atoms with Gasteiger partial charge in [0.2, 0.25) is 0 Å². The lowest BCUT2D eigenvalue weighted by molar-refractivity contribution is -0.137. The van der Waals surface area contributed by atoms with Gasteiger partial charge in [0.25, 0.3) is 0 Å². The Labute approximate surface area is 110 Å². The molecule has 0 radical (unpaired) electrons. The van der Waals surface area contributed by atoms with Crippen LogP contribution in [0.5, 0.6) is 0 Å². The average molecular weight is 248 g/mol. The number of hydrogen-bond acceptors (Lipinski definition) is 1. The minimum absolute atomic E-state index is 0.326. The number of carbonyl (C=O) groups is 1. The summed E-state index contributed by atoms with van der Waals surface area (Å²) >= 11 is 0. The normalized spacial score (nSPS) is 9.50. The fraction of sp³-hybridized carbons (Fsp3) is 0.438. The van der Waals surface area contributed by atoms with Gasteiger partial charge in [0, 0.05) is 6.42 Å². The highest BCUT2D eigenvalue weighted by atomic mass is 16.4. The second kappa shape index (κ2) is 10.6. The lowest BCUT2D eigenvalue weighted by atomic mass is 10.1. The minimum atomic E-state index is -0.677. The maximum Gasteiger partial charge on any atom is 0.303 e. The number of unbranched alkanes of at least 4 members (excludes halogenated alkanes) is 1. The fourth-order valence-corrected chi connectivity index (χ4v) is 1.42. The Bertz CT molecular complexity index is 328. The van der Waals surface area contributed by atoms with E-state index >= 15 is 0 Å². The van der Waals surface area contributed by atoms with Crippen LogP contribution in [0.1, 0.15) is 45.1 Å². The Hall–Kier alpha value is -1.57. The van der Waals surface area contributed by atoms with Crippen molar-refractivity contribution in [1.82, 2.24) is 0 Å². The number of aliphatic carboxylic acids is 1. The van der Waals surface area contributed by atoms with Crippen LogP contribution in [0.4, 0.5) is 0 Å². The Morgan fingerprint density at radius 1 is 1.28 bits per heavy atom. The lowest BCUT2D eigenvalue weighted by Gasteiger charge is -2.01. The van der Waals surface area contributed by atoms with E-state index in [1.54, 1.807) is 0 Å². The molecule has 0 heterocycles. The van der Waals surface area contributed by atoms with Crippen molar-refractivity contribution >= 4 is 12.0 Å². The standard InChI is InChI=1S/C8H16O2.C8H8/c1-7(2)5-3-4-6-8(9)10;1-2-8-6-4-3-5-7-8/h7H,3-6H2,1-2H3,(H,9,10);2-7H,1H2. The summed E-state index contributed by atoms with van der Waals surface area (Å²) in [6.45, 7) is 7.94. The minimum Gasteiger partial charge on any atom is -0.481 e. The van der Waals surface area contributed by atoms with Gasteiger partial charge >= 0.3 is 5.97 Å². The predicted molar refractivity (Wildman–Crippen MR) is 77.5 cm³/mol. The summed E-state index contributed by atoms with van der Waals surface area (Å²) < 4.78 is 0. The van der Waals surface area contributed by atoms with Crippen molar-refractivity contribution in [2.24, 2.45) is 5.92 Å². The van der Waals surface area contributed by atoms with E-state index in [2.05, 4.69) is 20.4 Å². The summed E-state index contributed by atoms with van der Waals surface area (Å²) in [6, 6.07) is 10.0. The summed E-state index contributed by atoms with van der Waals surface area (Å²) in [7, 11) is 0. The van der Waals surface area contributed by atoms with E-state index in [-0.39, 0.29) is 0 Å². The number of carboxylic acids is 1. The van der Waals surface area contributed by atoms with Crippen molar-refractivity contribution < 1.29 is 9.90 Å². The van der Waals surface area contributed by atoms with Gasteiger partial charge in [-0.3, -0.25) is 4.79 Å². The molecule has 100 valence electrons. The molecule has 0 aromatic heterocycles. The molecule has 18 heavy (non-hydrogen) atoms. The third-order valence-corrected chi connectivity index (χ3v) is 2.46. The molecule has 0 spiro atoms. The molecule has 0 amide bonds. The monoisotopic (exact) mass is 248 g/mol. The van der Waals surface area contributed by atoms with Crippen molar-refractivity contribution in [3.05, 3.63) is 42.5 Å². The molecule has 2 nitrogen and oxygen atoms in total. The second-order valence-corrected chi connectivity index (χ2v) is 4.65. The van der Waals surface area contributed by atoms with Crippen LogP contribution < -0.4 is 0 Å². The first-order chi connectivity index (χ1) is 8.56. The topological polar surface area (TPSA) is 37.3 Å². The fourth-order valence-electron chi connectivity index (χ4n) is 1.42. The first-order valence-corrected chi connectivity index (χ1v) is 6.45. The number of rotatable bonds is 6. The largest absolute Gasteiger partial charge is 0.481 e. The maximum absolute atomic E-state index is 10.0. The molecule has 0 aliphatic heterocycles. The summed E-state index contributed by atoms with van der Waals surface area (Å²) in [5.74, 6) is 0.0255. The van der Waals surface area contributed by atoms with Crippen LogP contribution in [0.25, 0.3) is 6.08 Å². The van der Waals surface area contributed by atoms with E-state index in [4.69, 9.17) is 5.11 Å². The first-order valence-electron chi connectivity index (χ1n) is 6.45. The van der Waals surface area contributed by atoms with Gasteiger partial charge in [-0.25, -0.2) is 0 Å². The van der Waals surface area contributed by atoms with Crippen LogP contribution in [0.3, 0.4) is 0 Å². The van der Waals surface area contributed by atoms with Crippen LogP contribution in [0.2, 0.25) is 0 Å². The lowest BCUT2D eigenvalue weighted by Crippen LogP contribution is -1.94. The Morgan fingerprint density at radius 3 is 2.28 bits per heavy atom. The molecule has 0 bridgehead atoms. The summed E-state index contributed by atoms with van der Waals surface area (Å²) in [5, 5.41) is 8.28. The zero-order valence-corrected chi connectivity index (χ0v) is 11.4. The summed E-state index contributed by atoms with van der Waals surface area (Å²) in [4.78, 5) is 10.0. The average Bonchev–Trinajstić information content (AvgIpc) is 2.36. The summed E-state index contributed by atoms with van der Waals surface area (Å²) in [6.07, 6.45) is 5.18. The predicted octanol–water partition coefficient (Wildman–Crippen LogP) is 4.62. The quantitative estimate of drug-likeness (QED) is 0.746. The first kappa shape index (κ1) is 16.4. The van der Waals surface area contributed by atoms with Crippen LogP contribution in [0.15, 0.2) is 36.9 Å². The SMILES string of the molecule is C=Cc1ccccc1.CC(C)CCCCC(=O)O. The van der Waals surface area contributed by atoms with E-state index in [1.165, 1.54) is 5.56 Å². The Morgan fingerprint density at radius 2 is 1.89 bits per heavy atom. The molecule has 0 aliphatic carbocycles. The molecule has 1 rings (SSSR count). The highest BCUT2D eigenvalue weighted by Crippen LogP contribution is 2.07. The van der Waals surface area contributed by atoms with Crippen molar-refractivity contribution in [3.8, 4) is 0 Å². The Kier molecular flexibility index (Phi) is 9.65. The van der Waals surface area contributed by atoms with E-state index < -0.39 is 5.97 Å². The van der Waals surface area contributed by atoms with Gasteiger partial charge in [-0.2, -0.15) is 0 Å². The Balaban J connectivity index is 0.000000327. The van der Waals surface area contributed by atoms with Crippen molar-refractivity contribution in [2.75, 3.05) is 0 Å². The number of carboxylic acid groups (broad SMARTS) is 1. The van der Waals surface area contributed by atoms with Crippen LogP contribution in [-0.2, 0) is 4.79 Å². The van der Waals surface area contributed by atoms with E-state index in [1.807, 2.05) is 36.4 Å². The third-order valence-electron chi connectivity index (χ3n) is 2.46. The molecule has 1 N–H and O–H groups in total. The molecular weight excluding hydrogens is 224 g/mol. The molecule has 2 heteroatoms. The molecule has 0 atom stereocenters. The zero-order chi connectivity index (χ0) is 13.8. The van der Waals surface area contributed by atoms with Gasteiger partial charge in [-0.05, 0) is 17.9 Å². The van der Waals surface area contributed by atoms with Gasteiger partial charge in [-0.15, -0.1) is 0 Å². The van der Waals surface area contributed by atoms with E-state index in [9.17, 15) is 4.79 Å². The molecule has 0 aliphatic rings.